The molecule has 4 nitrogen and oxygen atoms in total. The topological polar surface area (TPSA) is 35.6 Å². The van der Waals surface area contributed by atoms with E-state index < -0.39 is 0 Å². The minimum Gasteiger partial charge on any atom is -0.382 e. The molecule has 0 aliphatic carbocycles. The van der Waals surface area contributed by atoms with Crippen LogP contribution < -0.4 is 5.32 Å². The van der Waals surface area contributed by atoms with Crippen molar-refractivity contribution in [2.45, 2.75) is 13.3 Å². The average molecular weight is 281 g/mol. The summed E-state index contributed by atoms with van der Waals surface area (Å²) in [7, 11) is 5.64. The molecule has 112 valence electrons. The highest BCUT2D eigenvalue weighted by Gasteiger charge is 2.18. The fourth-order valence-corrected chi connectivity index (χ4v) is 1.79. The molecule has 1 aromatic rings. The van der Waals surface area contributed by atoms with Crippen molar-refractivity contribution in [2.24, 2.45) is 0 Å². The SMILES string of the molecule is CCCNc1c(F)cccc1C(=O)N(C)CCN(C)C. The molecule has 0 heterocycles. The number of para-hydroxylation sites is 1. The van der Waals surface area contributed by atoms with Gasteiger partial charge in [-0.3, -0.25) is 4.79 Å². The third-order valence-electron chi connectivity index (χ3n) is 3.03. The predicted molar refractivity (Wildman–Crippen MR) is 80.7 cm³/mol. The van der Waals surface area contributed by atoms with E-state index in [1.165, 1.54) is 6.07 Å². The van der Waals surface area contributed by atoms with E-state index in [2.05, 4.69) is 5.32 Å². The number of nitrogens with one attached hydrogen (secondary N) is 1. The summed E-state index contributed by atoms with van der Waals surface area (Å²) < 4.78 is 13.9. The monoisotopic (exact) mass is 281 g/mol. The van der Waals surface area contributed by atoms with Gasteiger partial charge in [-0.1, -0.05) is 13.0 Å². The molecule has 20 heavy (non-hydrogen) atoms. The number of likely N-dealkylation sites (N-methyl/N-ethyl adjacent to an activating group) is 2. The molecule has 0 spiro atoms. The van der Waals surface area contributed by atoms with Gasteiger partial charge in [-0.05, 0) is 32.6 Å². The molecular formula is C15H24FN3O. The smallest absolute Gasteiger partial charge is 0.255 e. The third-order valence-corrected chi connectivity index (χ3v) is 3.03. The van der Waals surface area contributed by atoms with E-state index >= 15 is 0 Å². The minimum atomic E-state index is -0.384. The summed E-state index contributed by atoms with van der Waals surface area (Å²) in [5.41, 5.74) is 0.691. The maximum Gasteiger partial charge on any atom is 0.255 e. The van der Waals surface area contributed by atoms with Crippen molar-refractivity contribution in [3.8, 4) is 0 Å². The number of rotatable bonds is 7. The molecule has 0 aliphatic rings. The first-order chi connectivity index (χ1) is 9.47. The largest absolute Gasteiger partial charge is 0.382 e. The van der Waals surface area contributed by atoms with E-state index in [9.17, 15) is 9.18 Å². The van der Waals surface area contributed by atoms with E-state index in [0.29, 0.717) is 24.3 Å². The Morgan fingerprint density at radius 2 is 1.95 bits per heavy atom. The fraction of sp³-hybridized carbons (Fsp3) is 0.533. The summed E-state index contributed by atoms with van der Waals surface area (Å²) in [5, 5.41) is 3.00. The van der Waals surface area contributed by atoms with Gasteiger partial charge in [0.05, 0.1) is 11.3 Å². The van der Waals surface area contributed by atoms with Crippen molar-refractivity contribution >= 4 is 11.6 Å². The molecule has 0 unspecified atom stereocenters. The van der Waals surface area contributed by atoms with Crippen LogP contribution in [0.25, 0.3) is 0 Å². The van der Waals surface area contributed by atoms with Crippen LogP contribution in [0.2, 0.25) is 0 Å². The number of benzene rings is 1. The Bertz CT molecular complexity index is 449. The van der Waals surface area contributed by atoms with Crippen molar-refractivity contribution in [1.82, 2.24) is 9.80 Å². The zero-order valence-electron chi connectivity index (χ0n) is 12.7. The van der Waals surface area contributed by atoms with Gasteiger partial charge in [0.2, 0.25) is 0 Å². The molecular weight excluding hydrogens is 257 g/mol. The van der Waals surface area contributed by atoms with Gasteiger partial charge in [-0.25, -0.2) is 4.39 Å². The second-order valence-electron chi connectivity index (χ2n) is 5.12. The Balaban J connectivity index is 2.88. The van der Waals surface area contributed by atoms with Crippen molar-refractivity contribution < 1.29 is 9.18 Å². The van der Waals surface area contributed by atoms with Gasteiger partial charge in [0.25, 0.3) is 5.91 Å². The molecule has 0 fully saturated rings. The molecule has 0 bridgehead atoms. The van der Waals surface area contributed by atoms with E-state index in [0.717, 1.165) is 13.0 Å². The lowest BCUT2D eigenvalue weighted by Gasteiger charge is -2.21. The fourth-order valence-electron chi connectivity index (χ4n) is 1.79. The van der Waals surface area contributed by atoms with Gasteiger partial charge >= 0.3 is 0 Å². The third kappa shape index (κ3) is 4.49. The first kappa shape index (κ1) is 16.4. The Morgan fingerprint density at radius 1 is 1.25 bits per heavy atom. The number of carbonyl (C=O) groups is 1. The second kappa shape index (κ2) is 7.85. The molecule has 5 heteroatoms. The molecule has 1 aromatic carbocycles. The van der Waals surface area contributed by atoms with E-state index in [-0.39, 0.29) is 11.7 Å². The maximum absolute atomic E-state index is 13.9. The van der Waals surface area contributed by atoms with Crippen LogP contribution in [-0.4, -0.2) is 56.5 Å². The Labute approximate surface area is 120 Å². The van der Waals surface area contributed by atoms with Gasteiger partial charge in [0.15, 0.2) is 0 Å². The van der Waals surface area contributed by atoms with Crippen LogP contribution in [-0.2, 0) is 0 Å². The zero-order valence-corrected chi connectivity index (χ0v) is 12.7. The van der Waals surface area contributed by atoms with E-state index in [1.54, 1.807) is 24.1 Å². The predicted octanol–water partition coefficient (Wildman–Crippen LogP) is 2.28. The van der Waals surface area contributed by atoms with Gasteiger partial charge in [-0.2, -0.15) is 0 Å². The minimum absolute atomic E-state index is 0.162. The Kier molecular flexibility index (Phi) is 6.45. The molecule has 0 saturated carbocycles. The molecule has 0 aliphatic heterocycles. The lowest BCUT2D eigenvalue weighted by Crippen LogP contribution is -2.34. The molecule has 0 atom stereocenters. The lowest BCUT2D eigenvalue weighted by molar-refractivity contribution is 0.0787. The van der Waals surface area contributed by atoms with Crippen molar-refractivity contribution in [3.63, 3.8) is 0 Å². The van der Waals surface area contributed by atoms with Crippen LogP contribution in [0.1, 0.15) is 23.7 Å². The number of hydrogen-bond acceptors (Lipinski definition) is 3. The standard InChI is InChI=1S/C15H24FN3O/c1-5-9-17-14-12(7-6-8-13(14)16)15(20)19(4)11-10-18(2)3/h6-8,17H,5,9-11H2,1-4H3. The highest BCUT2D eigenvalue weighted by atomic mass is 19.1. The molecule has 0 radical (unpaired) electrons. The summed E-state index contributed by atoms with van der Waals surface area (Å²) in [6.07, 6.45) is 0.873. The Hall–Kier alpha value is -1.62. The quantitative estimate of drug-likeness (QED) is 0.833. The summed E-state index contributed by atoms with van der Waals surface area (Å²) in [4.78, 5) is 16.0. The van der Waals surface area contributed by atoms with Crippen molar-refractivity contribution in [1.29, 1.82) is 0 Å². The molecule has 0 saturated heterocycles. The highest BCUT2D eigenvalue weighted by Crippen LogP contribution is 2.21. The molecule has 1 amide bonds. The number of amides is 1. The first-order valence-electron chi connectivity index (χ1n) is 6.90. The molecule has 1 rings (SSSR count). The molecule has 1 N–H and O–H groups in total. The normalized spacial score (nSPS) is 10.7. The average Bonchev–Trinajstić information content (AvgIpc) is 2.42. The number of carbonyl (C=O) groups excluding carboxylic acids is 1. The summed E-state index contributed by atoms with van der Waals surface area (Å²) in [5.74, 6) is -0.546. The molecule has 0 aromatic heterocycles. The summed E-state index contributed by atoms with van der Waals surface area (Å²) >= 11 is 0. The van der Waals surface area contributed by atoms with Gasteiger partial charge < -0.3 is 15.1 Å². The maximum atomic E-state index is 13.9. The number of anilines is 1. The van der Waals surface area contributed by atoms with E-state index in [1.807, 2.05) is 25.9 Å². The number of hydrogen-bond donors (Lipinski definition) is 1. The number of nitrogens with zero attached hydrogens (tertiary/aromatic N) is 2. The summed E-state index contributed by atoms with van der Waals surface area (Å²) in [6.45, 7) is 4.02. The van der Waals surface area contributed by atoms with Crippen molar-refractivity contribution in [2.75, 3.05) is 46.1 Å². The Morgan fingerprint density at radius 3 is 2.55 bits per heavy atom. The van der Waals surface area contributed by atoms with Crippen LogP contribution in [0.4, 0.5) is 10.1 Å². The second-order valence-corrected chi connectivity index (χ2v) is 5.12. The van der Waals surface area contributed by atoms with Crippen LogP contribution >= 0.6 is 0 Å². The van der Waals surface area contributed by atoms with E-state index in [4.69, 9.17) is 0 Å². The first-order valence-corrected chi connectivity index (χ1v) is 6.90. The van der Waals surface area contributed by atoms with Crippen LogP contribution in [0.5, 0.6) is 0 Å². The van der Waals surface area contributed by atoms with Gasteiger partial charge in [0.1, 0.15) is 5.82 Å². The van der Waals surface area contributed by atoms with Crippen molar-refractivity contribution in [3.05, 3.63) is 29.6 Å². The zero-order chi connectivity index (χ0) is 15.1. The number of halogens is 1. The van der Waals surface area contributed by atoms with Gasteiger partial charge in [-0.15, -0.1) is 0 Å². The summed E-state index contributed by atoms with van der Waals surface area (Å²) in [6, 6.07) is 4.60. The van der Waals surface area contributed by atoms with Gasteiger partial charge in [0, 0.05) is 26.7 Å². The lowest BCUT2D eigenvalue weighted by atomic mass is 10.1. The van der Waals surface area contributed by atoms with Crippen LogP contribution in [0.3, 0.4) is 0 Å². The van der Waals surface area contributed by atoms with Crippen LogP contribution in [0.15, 0.2) is 18.2 Å². The van der Waals surface area contributed by atoms with Crippen LogP contribution in [0, 0.1) is 5.82 Å². The highest BCUT2D eigenvalue weighted by molar-refractivity contribution is 5.99.